The SMILES string of the molecule is COc1ccc(OCCNC(=O)c2ccc3nc(C)c(C)nc3c2)cc1. The van der Waals surface area contributed by atoms with Gasteiger partial charge in [0.1, 0.15) is 18.1 Å². The van der Waals surface area contributed by atoms with Crippen molar-refractivity contribution in [3.05, 3.63) is 59.4 Å². The molecule has 1 heterocycles. The second-order valence-corrected chi connectivity index (χ2v) is 5.88. The summed E-state index contributed by atoms with van der Waals surface area (Å²) in [5.74, 6) is 1.34. The molecule has 26 heavy (non-hydrogen) atoms. The summed E-state index contributed by atoms with van der Waals surface area (Å²) in [5.41, 5.74) is 3.82. The molecule has 0 fully saturated rings. The second kappa shape index (κ2) is 7.82. The first-order chi connectivity index (χ1) is 12.6. The second-order valence-electron chi connectivity index (χ2n) is 5.88. The van der Waals surface area contributed by atoms with Crippen LogP contribution in [0.4, 0.5) is 0 Å². The largest absolute Gasteiger partial charge is 0.497 e. The van der Waals surface area contributed by atoms with Gasteiger partial charge in [-0.15, -0.1) is 0 Å². The number of hydrogen-bond acceptors (Lipinski definition) is 5. The van der Waals surface area contributed by atoms with Gasteiger partial charge in [0.05, 0.1) is 36.1 Å². The maximum atomic E-state index is 12.3. The van der Waals surface area contributed by atoms with Gasteiger partial charge in [-0.2, -0.15) is 0 Å². The number of carbonyl (C=O) groups is 1. The molecule has 1 N–H and O–H groups in total. The quantitative estimate of drug-likeness (QED) is 0.691. The third-order valence-electron chi connectivity index (χ3n) is 4.05. The minimum absolute atomic E-state index is 0.162. The van der Waals surface area contributed by atoms with Crippen LogP contribution in [0.1, 0.15) is 21.7 Å². The Kier molecular flexibility index (Phi) is 5.31. The maximum Gasteiger partial charge on any atom is 0.251 e. The van der Waals surface area contributed by atoms with Crippen LogP contribution in [0.25, 0.3) is 11.0 Å². The van der Waals surface area contributed by atoms with E-state index >= 15 is 0 Å². The highest BCUT2D eigenvalue weighted by Gasteiger charge is 2.08. The molecular formula is C20H21N3O3. The zero-order valence-electron chi connectivity index (χ0n) is 15.1. The van der Waals surface area contributed by atoms with Crippen molar-refractivity contribution in [2.24, 2.45) is 0 Å². The number of fused-ring (bicyclic) bond motifs is 1. The van der Waals surface area contributed by atoms with E-state index in [-0.39, 0.29) is 5.91 Å². The molecular weight excluding hydrogens is 330 g/mol. The fourth-order valence-corrected chi connectivity index (χ4v) is 2.48. The number of amides is 1. The van der Waals surface area contributed by atoms with Crippen LogP contribution in [-0.4, -0.2) is 36.1 Å². The van der Waals surface area contributed by atoms with Gasteiger partial charge in [-0.25, -0.2) is 9.97 Å². The third kappa shape index (κ3) is 4.08. The normalized spacial score (nSPS) is 10.6. The minimum Gasteiger partial charge on any atom is -0.497 e. The molecule has 0 bridgehead atoms. The summed E-state index contributed by atoms with van der Waals surface area (Å²) < 4.78 is 10.7. The van der Waals surface area contributed by atoms with Crippen molar-refractivity contribution in [3.8, 4) is 11.5 Å². The van der Waals surface area contributed by atoms with Gasteiger partial charge in [0.15, 0.2) is 0 Å². The number of benzene rings is 2. The van der Waals surface area contributed by atoms with E-state index in [2.05, 4.69) is 15.3 Å². The van der Waals surface area contributed by atoms with Gasteiger partial charge < -0.3 is 14.8 Å². The van der Waals surface area contributed by atoms with Gasteiger partial charge in [0, 0.05) is 5.56 Å². The molecule has 2 aromatic carbocycles. The summed E-state index contributed by atoms with van der Waals surface area (Å²) in [7, 11) is 1.62. The number of nitrogens with zero attached hydrogens (tertiary/aromatic N) is 2. The van der Waals surface area contributed by atoms with Crippen LogP contribution in [0.2, 0.25) is 0 Å². The van der Waals surface area contributed by atoms with Gasteiger partial charge in [-0.05, 0) is 56.3 Å². The number of rotatable bonds is 6. The van der Waals surface area contributed by atoms with Crippen LogP contribution in [0.5, 0.6) is 11.5 Å². The molecule has 134 valence electrons. The molecule has 0 atom stereocenters. The number of aromatic nitrogens is 2. The average molecular weight is 351 g/mol. The molecule has 1 amide bonds. The number of ether oxygens (including phenoxy) is 2. The topological polar surface area (TPSA) is 73.3 Å². The molecule has 0 spiro atoms. The average Bonchev–Trinajstić information content (AvgIpc) is 2.66. The van der Waals surface area contributed by atoms with E-state index < -0.39 is 0 Å². The summed E-state index contributed by atoms with van der Waals surface area (Å²) in [6.45, 7) is 4.61. The molecule has 3 rings (SSSR count). The minimum atomic E-state index is -0.162. The van der Waals surface area contributed by atoms with E-state index in [4.69, 9.17) is 9.47 Å². The van der Waals surface area contributed by atoms with Crippen LogP contribution < -0.4 is 14.8 Å². The van der Waals surface area contributed by atoms with Gasteiger partial charge >= 0.3 is 0 Å². The fraction of sp³-hybridized carbons (Fsp3) is 0.250. The number of aryl methyl sites for hydroxylation is 2. The number of hydrogen-bond donors (Lipinski definition) is 1. The van der Waals surface area contributed by atoms with Crippen molar-refractivity contribution in [1.82, 2.24) is 15.3 Å². The Hall–Kier alpha value is -3.15. The predicted molar refractivity (Wildman–Crippen MR) is 99.8 cm³/mol. The number of carbonyl (C=O) groups excluding carboxylic acids is 1. The highest BCUT2D eigenvalue weighted by atomic mass is 16.5. The van der Waals surface area contributed by atoms with Crippen LogP contribution in [-0.2, 0) is 0 Å². The molecule has 6 heteroatoms. The lowest BCUT2D eigenvalue weighted by Crippen LogP contribution is -2.28. The van der Waals surface area contributed by atoms with Crippen molar-refractivity contribution < 1.29 is 14.3 Å². The lowest BCUT2D eigenvalue weighted by Gasteiger charge is -2.09. The summed E-state index contributed by atoms with van der Waals surface area (Å²) in [5, 5.41) is 2.85. The van der Waals surface area contributed by atoms with Gasteiger partial charge in [0.2, 0.25) is 0 Å². The Balaban J connectivity index is 1.56. The lowest BCUT2D eigenvalue weighted by atomic mass is 10.1. The van der Waals surface area contributed by atoms with Crippen LogP contribution in [0.3, 0.4) is 0 Å². The van der Waals surface area contributed by atoms with Crippen molar-refractivity contribution in [1.29, 1.82) is 0 Å². The first-order valence-electron chi connectivity index (χ1n) is 8.37. The summed E-state index contributed by atoms with van der Waals surface area (Å²) in [4.78, 5) is 21.3. The molecule has 0 saturated carbocycles. The zero-order chi connectivity index (χ0) is 18.5. The molecule has 3 aromatic rings. The van der Waals surface area contributed by atoms with E-state index in [0.717, 1.165) is 33.9 Å². The Bertz CT molecular complexity index is 923. The van der Waals surface area contributed by atoms with Crippen LogP contribution in [0, 0.1) is 13.8 Å². The molecule has 1 aromatic heterocycles. The smallest absolute Gasteiger partial charge is 0.251 e. The van der Waals surface area contributed by atoms with Crippen molar-refractivity contribution in [3.63, 3.8) is 0 Å². The molecule has 0 radical (unpaired) electrons. The van der Waals surface area contributed by atoms with Crippen LogP contribution >= 0.6 is 0 Å². The Morgan fingerprint density at radius 3 is 2.31 bits per heavy atom. The summed E-state index contributed by atoms with van der Waals surface area (Å²) >= 11 is 0. The lowest BCUT2D eigenvalue weighted by molar-refractivity contribution is 0.0947. The Morgan fingerprint density at radius 1 is 0.962 bits per heavy atom. The molecule has 0 aliphatic heterocycles. The summed E-state index contributed by atoms with van der Waals surface area (Å²) in [6.07, 6.45) is 0. The van der Waals surface area contributed by atoms with E-state index in [0.29, 0.717) is 18.7 Å². The van der Waals surface area contributed by atoms with Crippen molar-refractivity contribution >= 4 is 16.9 Å². The number of nitrogens with one attached hydrogen (secondary N) is 1. The van der Waals surface area contributed by atoms with Gasteiger partial charge in [-0.1, -0.05) is 0 Å². The third-order valence-corrected chi connectivity index (χ3v) is 4.05. The fourth-order valence-electron chi connectivity index (χ4n) is 2.48. The standard InChI is InChI=1S/C20H21N3O3/c1-13-14(2)23-19-12-15(4-9-18(19)22-13)20(24)21-10-11-26-17-7-5-16(25-3)6-8-17/h4-9,12H,10-11H2,1-3H3,(H,21,24). The van der Waals surface area contributed by atoms with E-state index in [1.54, 1.807) is 19.2 Å². The first kappa shape index (κ1) is 17.7. The van der Waals surface area contributed by atoms with Crippen molar-refractivity contribution in [2.45, 2.75) is 13.8 Å². The first-order valence-corrected chi connectivity index (χ1v) is 8.37. The van der Waals surface area contributed by atoms with Crippen molar-refractivity contribution in [2.75, 3.05) is 20.3 Å². The summed E-state index contributed by atoms with van der Waals surface area (Å²) in [6, 6.07) is 12.6. The molecule has 0 aliphatic rings. The van der Waals surface area contributed by atoms with E-state index in [1.807, 2.05) is 44.2 Å². The van der Waals surface area contributed by atoms with Gasteiger partial charge in [0.25, 0.3) is 5.91 Å². The van der Waals surface area contributed by atoms with Crippen LogP contribution in [0.15, 0.2) is 42.5 Å². The number of methoxy groups -OCH3 is 1. The van der Waals surface area contributed by atoms with Gasteiger partial charge in [-0.3, -0.25) is 4.79 Å². The molecule has 0 saturated heterocycles. The highest BCUT2D eigenvalue weighted by molar-refractivity contribution is 5.97. The Morgan fingerprint density at radius 2 is 1.62 bits per heavy atom. The predicted octanol–water partition coefficient (Wildman–Crippen LogP) is 3.06. The highest BCUT2D eigenvalue weighted by Crippen LogP contribution is 2.17. The molecule has 6 nitrogen and oxygen atoms in total. The monoisotopic (exact) mass is 351 g/mol. The van der Waals surface area contributed by atoms with E-state index in [9.17, 15) is 4.79 Å². The molecule has 0 aliphatic carbocycles. The zero-order valence-corrected chi connectivity index (χ0v) is 15.1. The maximum absolute atomic E-state index is 12.3. The Labute approximate surface area is 152 Å². The molecule has 0 unspecified atom stereocenters. The van der Waals surface area contributed by atoms with E-state index in [1.165, 1.54) is 0 Å².